The molecule has 0 unspecified atom stereocenters. The summed E-state index contributed by atoms with van der Waals surface area (Å²) in [5.41, 5.74) is 3.35. The van der Waals surface area contributed by atoms with Gasteiger partial charge in [0, 0.05) is 34.5 Å². The summed E-state index contributed by atoms with van der Waals surface area (Å²) in [6.07, 6.45) is 0. The molecule has 3 rings (SSSR count). The molecule has 0 atom stereocenters. The number of nitrogens with zero attached hydrogens (tertiary/aromatic N) is 1. The van der Waals surface area contributed by atoms with Gasteiger partial charge in [-0.15, -0.1) is 0 Å². The maximum Gasteiger partial charge on any atom is 0.233 e. The van der Waals surface area contributed by atoms with Crippen LogP contribution in [0.4, 0.5) is 5.69 Å². The highest BCUT2D eigenvalue weighted by atomic mass is 79.9. The first kappa shape index (κ1) is 15.3. The van der Waals surface area contributed by atoms with E-state index in [1.54, 1.807) is 6.07 Å². The third-order valence-corrected chi connectivity index (χ3v) is 5.44. The molecule has 0 aliphatic rings. The number of hydrogen-bond acceptors (Lipinski definition) is 3. The monoisotopic (exact) mass is 373 g/mol. The highest BCUT2D eigenvalue weighted by molar-refractivity contribution is 9.10. The minimum absolute atomic E-state index is 0.102. The van der Waals surface area contributed by atoms with Gasteiger partial charge in [0.05, 0.1) is 0 Å². The Morgan fingerprint density at radius 3 is 2.59 bits per heavy atom. The lowest BCUT2D eigenvalue weighted by molar-refractivity contribution is 0.930. The molecule has 0 aliphatic carbocycles. The van der Waals surface area contributed by atoms with Gasteiger partial charge in [-0.25, -0.2) is 0 Å². The lowest BCUT2D eigenvalue weighted by Crippen LogP contribution is -2.17. The minimum atomic E-state index is 0.102. The Bertz CT molecular complexity index is 873. The van der Waals surface area contributed by atoms with Crippen molar-refractivity contribution in [3.63, 3.8) is 0 Å². The first-order valence-corrected chi connectivity index (χ1v) is 8.64. The molecular formula is C18H16BrNOS. The van der Waals surface area contributed by atoms with Crippen LogP contribution in [0.2, 0.25) is 0 Å². The largest absolute Gasteiger partial charge is 0.370 e. The standard InChI is InChI=1S/C18H16BrNOS/c1-12-8-17-15(10-16(12)19)13(9-18(21)22-17)11-20(2)14-6-4-3-5-7-14/h3-10H,11H2,1-2H3. The van der Waals surface area contributed by atoms with E-state index in [0.29, 0.717) is 6.54 Å². The van der Waals surface area contributed by atoms with Crippen LogP contribution in [0.1, 0.15) is 11.1 Å². The van der Waals surface area contributed by atoms with Gasteiger partial charge >= 0.3 is 0 Å². The number of fused-ring (bicyclic) bond motifs is 1. The van der Waals surface area contributed by atoms with E-state index in [4.69, 9.17) is 0 Å². The Morgan fingerprint density at radius 1 is 1.14 bits per heavy atom. The van der Waals surface area contributed by atoms with Crippen molar-refractivity contribution in [2.75, 3.05) is 11.9 Å². The smallest absolute Gasteiger partial charge is 0.233 e. The molecule has 0 aliphatic heterocycles. The molecule has 0 fully saturated rings. The zero-order chi connectivity index (χ0) is 15.7. The molecule has 0 amide bonds. The molecule has 0 radical (unpaired) electrons. The van der Waals surface area contributed by atoms with Crippen LogP contribution in [0.5, 0.6) is 0 Å². The number of benzene rings is 2. The molecular weight excluding hydrogens is 358 g/mol. The summed E-state index contributed by atoms with van der Waals surface area (Å²) in [6, 6.07) is 16.2. The Kier molecular flexibility index (Phi) is 4.32. The van der Waals surface area contributed by atoms with Gasteiger partial charge in [-0.2, -0.15) is 0 Å². The molecule has 0 saturated carbocycles. The second kappa shape index (κ2) is 6.23. The van der Waals surface area contributed by atoms with Gasteiger partial charge in [0.1, 0.15) is 0 Å². The van der Waals surface area contributed by atoms with Crippen LogP contribution in [-0.2, 0) is 6.54 Å². The number of anilines is 1. The molecule has 1 heterocycles. The highest BCUT2D eigenvalue weighted by Crippen LogP contribution is 2.28. The second-order valence-corrected chi connectivity index (χ2v) is 7.28. The van der Waals surface area contributed by atoms with Crippen LogP contribution < -0.4 is 9.64 Å². The Morgan fingerprint density at radius 2 is 1.86 bits per heavy atom. The van der Waals surface area contributed by atoms with E-state index < -0.39 is 0 Å². The van der Waals surface area contributed by atoms with E-state index in [1.165, 1.54) is 11.3 Å². The average molecular weight is 374 g/mol. The summed E-state index contributed by atoms with van der Waals surface area (Å²) in [4.78, 5) is 14.2. The normalized spacial score (nSPS) is 10.9. The number of halogens is 1. The lowest BCUT2D eigenvalue weighted by Gasteiger charge is -2.20. The van der Waals surface area contributed by atoms with E-state index in [-0.39, 0.29) is 4.74 Å². The van der Waals surface area contributed by atoms with Crippen LogP contribution in [0.15, 0.2) is 57.8 Å². The fraction of sp³-hybridized carbons (Fsp3) is 0.167. The summed E-state index contributed by atoms with van der Waals surface area (Å²) in [5.74, 6) is 0. The lowest BCUT2D eigenvalue weighted by atomic mass is 10.1. The van der Waals surface area contributed by atoms with Crippen molar-refractivity contribution in [3.05, 3.63) is 73.7 Å². The fourth-order valence-corrected chi connectivity index (χ4v) is 3.81. The highest BCUT2D eigenvalue weighted by Gasteiger charge is 2.09. The summed E-state index contributed by atoms with van der Waals surface area (Å²) in [5, 5.41) is 1.14. The summed E-state index contributed by atoms with van der Waals surface area (Å²) in [7, 11) is 2.05. The van der Waals surface area contributed by atoms with Crippen molar-refractivity contribution in [2.45, 2.75) is 13.5 Å². The molecule has 112 valence electrons. The SMILES string of the molecule is Cc1cc2sc(=O)cc(CN(C)c3ccccc3)c2cc1Br. The third-order valence-electron chi connectivity index (χ3n) is 3.71. The summed E-state index contributed by atoms with van der Waals surface area (Å²) >= 11 is 4.90. The van der Waals surface area contributed by atoms with E-state index in [0.717, 1.165) is 31.4 Å². The molecule has 0 N–H and O–H groups in total. The van der Waals surface area contributed by atoms with Gasteiger partial charge in [0.25, 0.3) is 0 Å². The maximum absolute atomic E-state index is 12.0. The van der Waals surface area contributed by atoms with E-state index >= 15 is 0 Å². The van der Waals surface area contributed by atoms with Crippen LogP contribution in [-0.4, -0.2) is 7.05 Å². The van der Waals surface area contributed by atoms with Crippen molar-refractivity contribution in [1.82, 2.24) is 0 Å². The first-order chi connectivity index (χ1) is 10.5. The van der Waals surface area contributed by atoms with Gasteiger partial charge in [-0.3, -0.25) is 4.79 Å². The number of para-hydroxylation sites is 1. The number of aryl methyl sites for hydroxylation is 1. The predicted octanol–water partition coefficient (Wildman–Crippen LogP) is 4.97. The van der Waals surface area contributed by atoms with Crippen molar-refractivity contribution in [1.29, 1.82) is 0 Å². The fourth-order valence-electron chi connectivity index (χ4n) is 2.51. The van der Waals surface area contributed by atoms with Gasteiger partial charge in [0.2, 0.25) is 4.74 Å². The van der Waals surface area contributed by atoms with E-state index in [9.17, 15) is 4.79 Å². The van der Waals surface area contributed by atoms with Gasteiger partial charge in [0.15, 0.2) is 0 Å². The quantitative estimate of drug-likeness (QED) is 0.645. The maximum atomic E-state index is 12.0. The van der Waals surface area contributed by atoms with Crippen LogP contribution in [0.25, 0.3) is 10.1 Å². The van der Waals surface area contributed by atoms with E-state index in [1.807, 2.05) is 32.2 Å². The molecule has 22 heavy (non-hydrogen) atoms. The average Bonchev–Trinajstić information content (AvgIpc) is 2.50. The molecule has 0 spiro atoms. The van der Waals surface area contributed by atoms with Crippen molar-refractivity contribution in [3.8, 4) is 0 Å². The predicted molar refractivity (Wildman–Crippen MR) is 99.1 cm³/mol. The first-order valence-electron chi connectivity index (χ1n) is 7.03. The molecule has 1 aromatic heterocycles. The molecule has 0 bridgehead atoms. The molecule has 4 heteroatoms. The topological polar surface area (TPSA) is 20.3 Å². The van der Waals surface area contributed by atoms with Crippen LogP contribution in [0.3, 0.4) is 0 Å². The molecule has 3 aromatic rings. The summed E-state index contributed by atoms with van der Waals surface area (Å²) < 4.78 is 2.23. The zero-order valence-electron chi connectivity index (χ0n) is 12.5. The Hall–Kier alpha value is -1.65. The third kappa shape index (κ3) is 3.08. The zero-order valence-corrected chi connectivity index (χ0v) is 14.9. The second-order valence-electron chi connectivity index (χ2n) is 5.38. The van der Waals surface area contributed by atoms with Gasteiger partial charge < -0.3 is 4.90 Å². The van der Waals surface area contributed by atoms with Crippen molar-refractivity contribution >= 4 is 43.0 Å². The van der Waals surface area contributed by atoms with E-state index in [2.05, 4.69) is 45.1 Å². The van der Waals surface area contributed by atoms with Crippen molar-refractivity contribution < 1.29 is 0 Å². The van der Waals surface area contributed by atoms with Crippen LogP contribution in [0, 0.1) is 6.92 Å². The number of rotatable bonds is 3. The summed E-state index contributed by atoms with van der Waals surface area (Å²) in [6.45, 7) is 2.75. The molecule has 2 nitrogen and oxygen atoms in total. The molecule has 2 aromatic carbocycles. The Labute approximate surface area is 142 Å². The van der Waals surface area contributed by atoms with Crippen LogP contribution >= 0.6 is 27.3 Å². The molecule has 0 saturated heterocycles. The number of hydrogen-bond donors (Lipinski definition) is 0. The Balaban J connectivity index is 2.07. The van der Waals surface area contributed by atoms with Crippen molar-refractivity contribution in [2.24, 2.45) is 0 Å². The minimum Gasteiger partial charge on any atom is -0.370 e. The van der Waals surface area contributed by atoms with Gasteiger partial charge in [-0.05, 0) is 47.7 Å². The van der Waals surface area contributed by atoms with Gasteiger partial charge in [-0.1, -0.05) is 45.5 Å².